The molecule has 0 bridgehead atoms. The number of para-hydroxylation sites is 1. The molecule has 0 unspecified atom stereocenters. The number of hydrogen-bond donors (Lipinski definition) is 2. The molecule has 0 radical (unpaired) electrons. The van der Waals surface area contributed by atoms with Crippen molar-refractivity contribution in [2.24, 2.45) is 0 Å². The third-order valence-corrected chi connectivity index (χ3v) is 4.09. The highest BCUT2D eigenvalue weighted by atomic mass is 16.3. The Bertz CT molecular complexity index is 940. The fourth-order valence-electron chi connectivity index (χ4n) is 2.70. The van der Waals surface area contributed by atoms with Gasteiger partial charge < -0.3 is 10.4 Å². The van der Waals surface area contributed by atoms with Crippen molar-refractivity contribution >= 4 is 23.2 Å². The summed E-state index contributed by atoms with van der Waals surface area (Å²) in [5.74, 6) is -1.60. The molecule has 0 heterocycles. The van der Waals surface area contributed by atoms with Crippen LogP contribution >= 0.6 is 0 Å². The number of phenols is 1. The second-order valence-electron chi connectivity index (χ2n) is 6.19. The molecule has 136 valence electrons. The molecule has 0 atom stereocenters. The first-order valence-corrected chi connectivity index (χ1v) is 8.56. The molecule has 0 aromatic heterocycles. The van der Waals surface area contributed by atoms with Crippen molar-refractivity contribution in [1.82, 2.24) is 0 Å². The van der Waals surface area contributed by atoms with E-state index < -0.39 is 11.8 Å². The van der Waals surface area contributed by atoms with Crippen LogP contribution in [0.15, 0.2) is 78.9 Å². The maximum Gasteiger partial charge on any atom is 0.316 e. The molecule has 2 N–H and O–H groups in total. The fraction of sp³-hybridized carbons (Fsp3) is 0.0909. The Kier molecular flexibility index (Phi) is 5.52. The Morgan fingerprint density at radius 3 is 2.22 bits per heavy atom. The zero-order valence-corrected chi connectivity index (χ0v) is 14.9. The lowest BCUT2D eigenvalue weighted by Gasteiger charge is -2.22. The standard InChI is InChI=1S/C22H20N2O3/c1-16-12-13-20(25)19(14-16)23-21(26)22(27)24(18-10-6-3-7-11-18)15-17-8-4-2-5-9-17/h2-14,25H,15H2,1H3,(H,23,26). The Hall–Kier alpha value is -3.60. The Balaban J connectivity index is 1.86. The van der Waals surface area contributed by atoms with Crippen molar-refractivity contribution in [2.45, 2.75) is 13.5 Å². The van der Waals surface area contributed by atoms with E-state index in [2.05, 4.69) is 5.32 Å². The van der Waals surface area contributed by atoms with E-state index in [4.69, 9.17) is 0 Å². The van der Waals surface area contributed by atoms with Crippen molar-refractivity contribution in [1.29, 1.82) is 0 Å². The number of rotatable bonds is 4. The van der Waals surface area contributed by atoms with Crippen molar-refractivity contribution in [3.05, 3.63) is 90.0 Å². The number of hydrogen-bond acceptors (Lipinski definition) is 3. The summed E-state index contributed by atoms with van der Waals surface area (Å²) in [6, 6.07) is 23.3. The van der Waals surface area contributed by atoms with Crippen LogP contribution < -0.4 is 10.2 Å². The molecule has 0 saturated heterocycles. The van der Waals surface area contributed by atoms with Crippen molar-refractivity contribution in [3.8, 4) is 5.75 Å². The van der Waals surface area contributed by atoms with Gasteiger partial charge in [-0.3, -0.25) is 14.5 Å². The van der Waals surface area contributed by atoms with Gasteiger partial charge in [0.15, 0.2) is 0 Å². The van der Waals surface area contributed by atoms with E-state index in [0.29, 0.717) is 5.69 Å². The third-order valence-electron chi connectivity index (χ3n) is 4.09. The molecule has 27 heavy (non-hydrogen) atoms. The van der Waals surface area contributed by atoms with E-state index in [1.807, 2.05) is 55.5 Å². The van der Waals surface area contributed by atoms with Gasteiger partial charge in [0, 0.05) is 5.69 Å². The molecular formula is C22H20N2O3. The average molecular weight is 360 g/mol. The van der Waals surface area contributed by atoms with Gasteiger partial charge in [0.1, 0.15) is 5.75 Å². The molecule has 0 fully saturated rings. The molecule has 5 heteroatoms. The minimum absolute atomic E-state index is 0.0870. The van der Waals surface area contributed by atoms with Crippen molar-refractivity contribution in [3.63, 3.8) is 0 Å². The maximum atomic E-state index is 12.9. The molecule has 0 aliphatic carbocycles. The lowest BCUT2D eigenvalue weighted by Crippen LogP contribution is -2.39. The van der Waals surface area contributed by atoms with E-state index in [-0.39, 0.29) is 18.0 Å². The normalized spacial score (nSPS) is 10.3. The lowest BCUT2D eigenvalue weighted by atomic mass is 10.2. The van der Waals surface area contributed by atoms with Crippen LogP contribution in [0.2, 0.25) is 0 Å². The van der Waals surface area contributed by atoms with Crippen LogP contribution in [0.1, 0.15) is 11.1 Å². The number of nitrogens with one attached hydrogen (secondary N) is 1. The van der Waals surface area contributed by atoms with Crippen LogP contribution in [0.3, 0.4) is 0 Å². The van der Waals surface area contributed by atoms with Gasteiger partial charge in [-0.15, -0.1) is 0 Å². The molecule has 3 aromatic carbocycles. The molecule has 0 aliphatic heterocycles. The van der Waals surface area contributed by atoms with E-state index in [1.54, 1.807) is 24.3 Å². The minimum Gasteiger partial charge on any atom is -0.506 e. The quantitative estimate of drug-likeness (QED) is 0.548. The predicted octanol–water partition coefficient (Wildman–Crippen LogP) is 3.87. The number of anilines is 2. The predicted molar refractivity (Wildman–Crippen MR) is 106 cm³/mol. The van der Waals surface area contributed by atoms with Crippen molar-refractivity contribution in [2.75, 3.05) is 10.2 Å². The van der Waals surface area contributed by atoms with Gasteiger partial charge in [0.05, 0.1) is 12.2 Å². The summed E-state index contributed by atoms with van der Waals surface area (Å²) in [5, 5.41) is 12.4. The van der Waals surface area contributed by atoms with E-state index in [0.717, 1.165) is 11.1 Å². The zero-order valence-electron chi connectivity index (χ0n) is 14.9. The molecule has 2 amide bonds. The maximum absolute atomic E-state index is 12.9. The number of aromatic hydroxyl groups is 1. The highest BCUT2D eigenvalue weighted by Gasteiger charge is 2.24. The summed E-state index contributed by atoms with van der Waals surface area (Å²) in [6.07, 6.45) is 0. The summed E-state index contributed by atoms with van der Waals surface area (Å²) in [7, 11) is 0. The molecule has 0 saturated carbocycles. The summed E-state index contributed by atoms with van der Waals surface area (Å²) in [6.45, 7) is 2.10. The Morgan fingerprint density at radius 2 is 1.56 bits per heavy atom. The van der Waals surface area contributed by atoms with Gasteiger partial charge >= 0.3 is 11.8 Å². The van der Waals surface area contributed by atoms with Crippen LogP contribution in [-0.4, -0.2) is 16.9 Å². The summed E-state index contributed by atoms with van der Waals surface area (Å²) in [5.41, 5.74) is 2.59. The van der Waals surface area contributed by atoms with Gasteiger partial charge in [0.2, 0.25) is 0 Å². The number of phenolic OH excluding ortho intramolecular Hbond substituents is 1. The fourth-order valence-corrected chi connectivity index (χ4v) is 2.70. The number of aryl methyl sites for hydroxylation is 1. The third kappa shape index (κ3) is 4.52. The van der Waals surface area contributed by atoms with Crippen LogP contribution in [0.25, 0.3) is 0 Å². The van der Waals surface area contributed by atoms with Gasteiger partial charge in [-0.25, -0.2) is 0 Å². The summed E-state index contributed by atoms with van der Waals surface area (Å²) < 4.78 is 0. The number of carbonyl (C=O) groups excluding carboxylic acids is 2. The number of nitrogens with zero attached hydrogens (tertiary/aromatic N) is 1. The lowest BCUT2D eigenvalue weighted by molar-refractivity contribution is -0.134. The number of benzene rings is 3. The molecule has 0 aliphatic rings. The number of carbonyl (C=O) groups is 2. The van der Waals surface area contributed by atoms with Gasteiger partial charge in [-0.2, -0.15) is 0 Å². The second-order valence-corrected chi connectivity index (χ2v) is 6.19. The molecule has 0 spiro atoms. The Morgan fingerprint density at radius 1 is 0.926 bits per heavy atom. The molecule has 3 aromatic rings. The van der Waals surface area contributed by atoms with E-state index in [9.17, 15) is 14.7 Å². The van der Waals surface area contributed by atoms with Gasteiger partial charge in [-0.05, 0) is 42.3 Å². The van der Waals surface area contributed by atoms with E-state index in [1.165, 1.54) is 11.0 Å². The summed E-state index contributed by atoms with van der Waals surface area (Å²) in [4.78, 5) is 26.9. The zero-order chi connectivity index (χ0) is 19.2. The first-order chi connectivity index (χ1) is 13.0. The summed E-state index contributed by atoms with van der Waals surface area (Å²) >= 11 is 0. The second kappa shape index (κ2) is 8.19. The van der Waals surface area contributed by atoms with Crippen molar-refractivity contribution < 1.29 is 14.7 Å². The first kappa shape index (κ1) is 18.2. The first-order valence-electron chi connectivity index (χ1n) is 8.56. The minimum atomic E-state index is -0.810. The van der Waals surface area contributed by atoms with Crippen LogP contribution in [0.4, 0.5) is 11.4 Å². The highest BCUT2D eigenvalue weighted by Crippen LogP contribution is 2.24. The van der Waals surface area contributed by atoms with Crippen LogP contribution in [0, 0.1) is 6.92 Å². The molecular weight excluding hydrogens is 340 g/mol. The Labute approximate surface area is 157 Å². The topological polar surface area (TPSA) is 69.6 Å². The molecule has 3 rings (SSSR count). The number of amides is 2. The SMILES string of the molecule is Cc1ccc(O)c(NC(=O)C(=O)N(Cc2ccccc2)c2ccccc2)c1. The van der Waals surface area contributed by atoms with Gasteiger partial charge in [-0.1, -0.05) is 54.6 Å². The van der Waals surface area contributed by atoms with E-state index >= 15 is 0 Å². The smallest absolute Gasteiger partial charge is 0.316 e. The average Bonchev–Trinajstić information content (AvgIpc) is 2.70. The highest BCUT2D eigenvalue weighted by molar-refractivity contribution is 6.44. The van der Waals surface area contributed by atoms with Crippen LogP contribution in [0.5, 0.6) is 5.75 Å². The largest absolute Gasteiger partial charge is 0.506 e. The monoisotopic (exact) mass is 360 g/mol. The van der Waals surface area contributed by atoms with Crippen LogP contribution in [-0.2, 0) is 16.1 Å². The molecule has 5 nitrogen and oxygen atoms in total. The van der Waals surface area contributed by atoms with Gasteiger partial charge in [0.25, 0.3) is 0 Å².